The van der Waals surface area contributed by atoms with E-state index in [0.717, 1.165) is 12.2 Å². The van der Waals surface area contributed by atoms with Gasteiger partial charge in [0.15, 0.2) is 0 Å². The molecule has 0 fully saturated rings. The van der Waals surface area contributed by atoms with E-state index >= 15 is 0 Å². The molecular formula is C32H58O2. The second-order valence-electron chi connectivity index (χ2n) is 10.6. The molecule has 0 atom stereocenters. The molecule has 198 valence electrons. The van der Waals surface area contributed by atoms with Crippen LogP contribution in [0, 0.1) is 0 Å². The molecule has 2 heteroatoms. The van der Waals surface area contributed by atoms with Gasteiger partial charge in [0.2, 0.25) is 0 Å². The molecule has 0 amide bonds. The van der Waals surface area contributed by atoms with Gasteiger partial charge in [-0.3, -0.25) is 0 Å². The van der Waals surface area contributed by atoms with Crippen molar-refractivity contribution in [2.24, 2.45) is 0 Å². The van der Waals surface area contributed by atoms with E-state index in [9.17, 15) is 5.11 Å². The molecule has 1 N–H and O–H groups in total. The normalized spacial score (nSPS) is 11.2. The quantitative estimate of drug-likeness (QED) is 0.143. The second-order valence-corrected chi connectivity index (χ2v) is 10.6. The number of ether oxygens (including phenoxy) is 1. The molecule has 1 rings (SSSR count). The summed E-state index contributed by atoms with van der Waals surface area (Å²) in [6.07, 6.45) is 33.8. The molecule has 0 spiro atoms. The lowest BCUT2D eigenvalue weighted by atomic mass is 10.0. The Morgan fingerprint density at radius 3 is 1.21 bits per heavy atom. The number of phenols is 1. The zero-order valence-corrected chi connectivity index (χ0v) is 23.1. The van der Waals surface area contributed by atoms with Crippen LogP contribution in [0.25, 0.3) is 0 Å². The highest BCUT2D eigenvalue weighted by molar-refractivity contribution is 5.37. The van der Waals surface area contributed by atoms with Gasteiger partial charge in [0, 0.05) is 6.07 Å². The highest BCUT2D eigenvalue weighted by atomic mass is 16.5. The SMILES string of the molecule is CCCCCCCCCCCCCCCCCCCCCCCCCc1cc(O)cc(OC)c1. The molecule has 0 radical (unpaired) electrons. The second kappa shape index (κ2) is 23.6. The highest BCUT2D eigenvalue weighted by Crippen LogP contribution is 2.23. The molecular weight excluding hydrogens is 416 g/mol. The Labute approximate surface area is 213 Å². The molecule has 0 bridgehead atoms. The van der Waals surface area contributed by atoms with Crippen molar-refractivity contribution in [1.29, 1.82) is 0 Å². The number of phenolic OH excluding ortho intramolecular Hbond substituents is 1. The lowest BCUT2D eigenvalue weighted by Gasteiger charge is -2.06. The third-order valence-electron chi connectivity index (χ3n) is 7.26. The summed E-state index contributed by atoms with van der Waals surface area (Å²) < 4.78 is 5.23. The van der Waals surface area contributed by atoms with Crippen LogP contribution in [0.3, 0.4) is 0 Å². The molecule has 0 unspecified atom stereocenters. The molecule has 34 heavy (non-hydrogen) atoms. The number of benzene rings is 1. The largest absolute Gasteiger partial charge is 0.508 e. The van der Waals surface area contributed by atoms with Crippen molar-refractivity contribution < 1.29 is 9.84 Å². The molecule has 0 saturated heterocycles. The van der Waals surface area contributed by atoms with Crippen LogP contribution in [0.15, 0.2) is 18.2 Å². The van der Waals surface area contributed by atoms with E-state index < -0.39 is 0 Å². The fourth-order valence-corrected chi connectivity index (χ4v) is 5.02. The van der Waals surface area contributed by atoms with E-state index in [2.05, 4.69) is 6.92 Å². The van der Waals surface area contributed by atoms with Gasteiger partial charge in [0.25, 0.3) is 0 Å². The summed E-state index contributed by atoms with van der Waals surface area (Å²) in [4.78, 5) is 0. The summed E-state index contributed by atoms with van der Waals surface area (Å²) >= 11 is 0. The summed E-state index contributed by atoms with van der Waals surface area (Å²) in [5.74, 6) is 1.06. The molecule has 0 aliphatic heterocycles. The Bertz CT molecular complexity index is 554. The van der Waals surface area contributed by atoms with Crippen molar-refractivity contribution in [1.82, 2.24) is 0 Å². The first kappa shape index (κ1) is 30.9. The Hall–Kier alpha value is -1.18. The molecule has 1 aromatic rings. The summed E-state index contributed by atoms with van der Waals surface area (Å²) in [6.45, 7) is 2.30. The minimum absolute atomic E-state index is 0.309. The van der Waals surface area contributed by atoms with Crippen molar-refractivity contribution in [3.05, 3.63) is 23.8 Å². The summed E-state index contributed by atoms with van der Waals surface area (Å²) in [5.41, 5.74) is 1.18. The van der Waals surface area contributed by atoms with Crippen LogP contribution in [0.2, 0.25) is 0 Å². The van der Waals surface area contributed by atoms with Gasteiger partial charge in [-0.1, -0.05) is 148 Å². The van der Waals surface area contributed by atoms with Crippen LogP contribution >= 0.6 is 0 Å². The average molecular weight is 475 g/mol. The molecule has 1 aromatic carbocycles. The van der Waals surface area contributed by atoms with Crippen molar-refractivity contribution in [2.75, 3.05) is 7.11 Å². The van der Waals surface area contributed by atoms with Gasteiger partial charge in [-0.05, 0) is 30.5 Å². The lowest BCUT2D eigenvalue weighted by Crippen LogP contribution is -1.89. The maximum atomic E-state index is 9.73. The van der Waals surface area contributed by atoms with Crippen LogP contribution in [-0.4, -0.2) is 12.2 Å². The molecule has 0 aliphatic carbocycles. The Morgan fingerprint density at radius 1 is 0.500 bits per heavy atom. The van der Waals surface area contributed by atoms with E-state index in [1.54, 1.807) is 13.2 Å². The standard InChI is InChI=1S/C32H58O2/c1-3-4-5-6-7-8-9-10-11-12-13-14-15-16-17-18-19-20-21-22-23-24-25-26-30-27-31(33)29-32(28-30)34-2/h27-29,33H,3-26H2,1-2H3. The topological polar surface area (TPSA) is 29.5 Å². The smallest absolute Gasteiger partial charge is 0.122 e. The summed E-state index contributed by atoms with van der Waals surface area (Å²) in [7, 11) is 1.65. The fraction of sp³-hybridized carbons (Fsp3) is 0.812. The Balaban J connectivity index is 1.73. The Morgan fingerprint density at radius 2 is 0.853 bits per heavy atom. The van der Waals surface area contributed by atoms with Gasteiger partial charge in [-0.2, -0.15) is 0 Å². The van der Waals surface area contributed by atoms with Crippen molar-refractivity contribution >= 4 is 0 Å². The van der Waals surface area contributed by atoms with Crippen LogP contribution in [-0.2, 0) is 6.42 Å². The highest BCUT2D eigenvalue weighted by Gasteiger charge is 2.01. The molecule has 0 heterocycles. The first-order valence-electron chi connectivity index (χ1n) is 15.1. The Kier molecular flexibility index (Phi) is 21.4. The van der Waals surface area contributed by atoms with Crippen LogP contribution in [0.1, 0.15) is 160 Å². The van der Waals surface area contributed by atoms with E-state index in [-0.39, 0.29) is 0 Å². The predicted molar refractivity (Wildman–Crippen MR) is 150 cm³/mol. The number of hydrogen-bond acceptors (Lipinski definition) is 2. The minimum atomic E-state index is 0.309. The molecule has 2 nitrogen and oxygen atoms in total. The number of hydrogen-bond donors (Lipinski definition) is 1. The van der Waals surface area contributed by atoms with Crippen molar-refractivity contribution in [3.8, 4) is 11.5 Å². The van der Waals surface area contributed by atoms with Crippen LogP contribution in [0.4, 0.5) is 0 Å². The van der Waals surface area contributed by atoms with E-state index in [0.29, 0.717) is 5.75 Å². The zero-order chi connectivity index (χ0) is 24.5. The third-order valence-corrected chi connectivity index (χ3v) is 7.26. The van der Waals surface area contributed by atoms with Gasteiger partial charge in [-0.25, -0.2) is 0 Å². The van der Waals surface area contributed by atoms with Crippen molar-refractivity contribution in [3.63, 3.8) is 0 Å². The summed E-state index contributed by atoms with van der Waals surface area (Å²) in [6, 6.07) is 5.57. The number of aromatic hydroxyl groups is 1. The van der Waals surface area contributed by atoms with Crippen LogP contribution < -0.4 is 4.74 Å². The van der Waals surface area contributed by atoms with Gasteiger partial charge in [-0.15, -0.1) is 0 Å². The minimum Gasteiger partial charge on any atom is -0.508 e. The summed E-state index contributed by atoms with van der Waals surface area (Å²) in [5, 5.41) is 9.73. The number of rotatable bonds is 25. The van der Waals surface area contributed by atoms with E-state index in [1.807, 2.05) is 12.1 Å². The third kappa shape index (κ3) is 19.2. The zero-order valence-electron chi connectivity index (χ0n) is 23.1. The average Bonchev–Trinajstić information content (AvgIpc) is 2.84. The molecule has 0 saturated carbocycles. The predicted octanol–water partition coefficient (Wildman–Crippen LogP) is 10.9. The van der Waals surface area contributed by atoms with Gasteiger partial charge in [0.1, 0.15) is 11.5 Å². The number of unbranched alkanes of at least 4 members (excludes halogenated alkanes) is 22. The number of aryl methyl sites for hydroxylation is 1. The van der Waals surface area contributed by atoms with Crippen LogP contribution in [0.5, 0.6) is 11.5 Å². The van der Waals surface area contributed by atoms with Gasteiger partial charge < -0.3 is 9.84 Å². The molecule has 0 aliphatic rings. The van der Waals surface area contributed by atoms with Gasteiger partial charge >= 0.3 is 0 Å². The van der Waals surface area contributed by atoms with Crippen molar-refractivity contribution in [2.45, 2.75) is 161 Å². The maximum absolute atomic E-state index is 9.73. The van der Waals surface area contributed by atoms with E-state index in [4.69, 9.17) is 4.74 Å². The first-order valence-corrected chi connectivity index (χ1v) is 15.1. The first-order chi connectivity index (χ1) is 16.8. The molecule has 0 aromatic heterocycles. The monoisotopic (exact) mass is 474 g/mol. The lowest BCUT2D eigenvalue weighted by molar-refractivity contribution is 0.406. The van der Waals surface area contributed by atoms with Gasteiger partial charge in [0.05, 0.1) is 7.11 Å². The van der Waals surface area contributed by atoms with E-state index in [1.165, 1.54) is 153 Å². The maximum Gasteiger partial charge on any atom is 0.122 e. The fourth-order valence-electron chi connectivity index (χ4n) is 5.02. The number of methoxy groups -OCH3 is 1.